The third-order valence-corrected chi connectivity index (χ3v) is 3.92. The maximum absolute atomic E-state index is 12.1. The highest BCUT2D eigenvalue weighted by Crippen LogP contribution is 2.34. The first-order valence-electron chi connectivity index (χ1n) is 8.07. The quantitative estimate of drug-likeness (QED) is 0.800. The first kappa shape index (κ1) is 17.6. The molecule has 1 amide bonds. The summed E-state index contributed by atoms with van der Waals surface area (Å²) in [5.74, 6) is 1.18. The number of hydrogen-bond acceptors (Lipinski definition) is 6. The van der Waals surface area contributed by atoms with Gasteiger partial charge in [-0.2, -0.15) is 0 Å². The molecule has 1 aliphatic rings. The number of amides is 1. The molecular weight excluding hydrogens is 338 g/mol. The molecule has 0 fully saturated rings. The van der Waals surface area contributed by atoms with E-state index in [1.54, 1.807) is 24.3 Å². The number of ether oxygens (including phenoxy) is 4. The Bertz CT molecular complexity index is 802. The minimum Gasteiger partial charge on any atom is -0.484 e. The fourth-order valence-corrected chi connectivity index (χ4v) is 2.50. The average molecular weight is 357 g/mol. The van der Waals surface area contributed by atoms with Crippen LogP contribution in [-0.2, 0) is 9.53 Å². The van der Waals surface area contributed by atoms with Gasteiger partial charge in [0.25, 0.3) is 5.91 Å². The van der Waals surface area contributed by atoms with Crippen molar-refractivity contribution in [3.05, 3.63) is 53.6 Å². The minimum absolute atomic E-state index is 0.132. The van der Waals surface area contributed by atoms with E-state index in [4.69, 9.17) is 14.2 Å². The van der Waals surface area contributed by atoms with E-state index in [0.717, 1.165) is 5.56 Å². The van der Waals surface area contributed by atoms with E-state index in [-0.39, 0.29) is 25.3 Å². The lowest BCUT2D eigenvalue weighted by Crippen LogP contribution is -2.31. The third-order valence-electron chi connectivity index (χ3n) is 3.92. The van der Waals surface area contributed by atoms with Crippen molar-refractivity contribution in [3.8, 4) is 17.2 Å². The number of esters is 1. The maximum atomic E-state index is 12.1. The SMILES string of the molecule is COC(=O)c1ccc(OCC(=O)N[C@@H](C)c2ccc3c(c2)OCO3)cc1. The van der Waals surface area contributed by atoms with Gasteiger partial charge in [0, 0.05) is 0 Å². The van der Waals surface area contributed by atoms with E-state index in [1.165, 1.54) is 7.11 Å². The van der Waals surface area contributed by atoms with Crippen LogP contribution in [0.3, 0.4) is 0 Å². The van der Waals surface area contributed by atoms with E-state index >= 15 is 0 Å². The molecule has 0 aromatic heterocycles. The van der Waals surface area contributed by atoms with Gasteiger partial charge in [-0.15, -0.1) is 0 Å². The normalized spacial score (nSPS) is 13.0. The first-order valence-corrected chi connectivity index (χ1v) is 8.07. The highest BCUT2D eigenvalue weighted by Gasteiger charge is 2.17. The molecule has 136 valence electrons. The van der Waals surface area contributed by atoms with Gasteiger partial charge >= 0.3 is 5.97 Å². The van der Waals surface area contributed by atoms with Crippen LogP contribution in [0.25, 0.3) is 0 Å². The van der Waals surface area contributed by atoms with Crippen LogP contribution in [-0.4, -0.2) is 32.4 Å². The van der Waals surface area contributed by atoms with Crippen molar-refractivity contribution in [1.82, 2.24) is 5.32 Å². The molecule has 1 heterocycles. The lowest BCUT2D eigenvalue weighted by atomic mass is 10.1. The van der Waals surface area contributed by atoms with Crippen LogP contribution < -0.4 is 19.5 Å². The number of fused-ring (bicyclic) bond motifs is 1. The van der Waals surface area contributed by atoms with Gasteiger partial charge in [0.1, 0.15) is 5.75 Å². The number of hydrogen-bond donors (Lipinski definition) is 1. The molecule has 7 heteroatoms. The molecule has 0 unspecified atom stereocenters. The molecule has 1 aliphatic heterocycles. The van der Waals surface area contributed by atoms with Crippen LogP contribution >= 0.6 is 0 Å². The smallest absolute Gasteiger partial charge is 0.337 e. The largest absolute Gasteiger partial charge is 0.484 e. The second-order valence-corrected chi connectivity index (χ2v) is 5.71. The van der Waals surface area contributed by atoms with Gasteiger partial charge in [0.2, 0.25) is 6.79 Å². The van der Waals surface area contributed by atoms with Crippen molar-refractivity contribution in [1.29, 1.82) is 0 Å². The molecule has 3 rings (SSSR count). The number of carbonyl (C=O) groups excluding carboxylic acids is 2. The summed E-state index contributed by atoms with van der Waals surface area (Å²) in [4.78, 5) is 23.5. The Hall–Kier alpha value is -3.22. The zero-order valence-electron chi connectivity index (χ0n) is 14.5. The topological polar surface area (TPSA) is 83.1 Å². The zero-order valence-corrected chi connectivity index (χ0v) is 14.5. The second-order valence-electron chi connectivity index (χ2n) is 5.71. The van der Waals surface area contributed by atoms with E-state index in [1.807, 2.05) is 25.1 Å². The van der Waals surface area contributed by atoms with Gasteiger partial charge in [-0.05, 0) is 48.9 Å². The van der Waals surface area contributed by atoms with E-state index < -0.39 is 5.97 Å². The maximum Gasteiger partial charge on any atom is 0.337 e. The third kappa shape index (κ3) is 4.05. The molecule has 0 saturated carbocycles. The lowest BCUT2D eigenvalue weighted by Gasteiger charge is -2.15. The molecule has 2 aromatic carbocycles. The van der Waals surface area contributed by atoms with Crippen molar-refractivity contribution in [2.45, 2.75) is 13.0 Å². The van der Waals surface area contributed by atoms with Crippen molar-refractivity contribution >= 4 is 11.9 Å². The molecule has 0 spiro atoms. The number of rotatable bonds is 6. The second kappa shape index (κ2) is 7.77. The predicted molar refractivity (Wildman–Crippen MR) is 92.4 cm³/mol. The Kier molecular flexibility index (Phi) is 5.26. The summed E-state index contributed by atoms with van der Waals surface area (Å²) in [5, 5.41) is 2.86. The fraction of sp³-hybridized carbons (Fsp3) is 0.263. The van der Waals surface area contributed by atoms with Crippen molar-refractivity contribution in [2.75, 3.05) is 20.5 Å². The Labute approximate surface area is 150 Å². The Morgan fingerprint density at radius 2 is 1.85 bits per heavy atom. The highest BCUT2D eigenvalue weighted by molar-refractivity contribution is 5.89. The summed E-state index contributed by atoms with van der Waals surface area (Å²) in [6.45, 7) is 1.95. The molecule has 0 saturated heterocycles. The van der Waals surface area contributed by atoms with Gasteiger partial charge in [0.05, 0.1) is 18.7 Å². The van der Waals surface area contributed by atoms with Crippen LogP contribution in [0.15, 0.2) is 42.5 Å². The van der Waals surface area contributed by atoms with Gasteiger partial charge < -0.3 is 24.3 Å². The van der Waals surface area contributed by atoms with Gasteiger partial charge in [-0.3, -0.25) is 4.79 Å². The fourth-order valence-electron chi connectivity index (χ4n) is 2.50. The lowest BCUT2D eigenvalue weighted by molar-refractivity contribution is -0.123. The van der Waals surface area contributed by atoms with E-state index in [9.17, 15) is 9.59 Å². The summed E-state index contributed by atoms with van der Waals surface area (Å²) < 4.78 is 20.7. The van der Waals surface area contributed by atoms with Crippen LogP contribution in [0.1, 0.15) is 28.9 Å². The summed E-state index contributed by atoms with van der Waals surface area (Å²) in [5.41, 5.74) is 1.32. The summed E-state index contributed by atoms with van der Waals surface area (Å²) in [6, 6.07) is 11.7. The van der Waals surface area contributed by atoms with E-state index in [2.05, 4.69) is 10.1 Å². The number of nitrogens with one attached hydrogen (secondary N) is 1. The van der Waals surface area contributed by atoms with Crippen LogP contribution in [0, 0.1) is 0 Å². The number of methoxy groups -OCH3 is 1. The standard InChI is InChI=1S/C19H19NO6/c1-12(14-5-8-16-17(9-14)26-11-25-16)20-18(21)10-24-15-6-3-13(4-7-15)19(22)23-2/h3-9,12H,10-11H2,1-2H3,(H,20,21)/t12-/m0/s1. The highest BCUT2D eigenvalue weighted by atomic mass is 16.7. The molecule has 26 heavy (non-hydrogen) atoms. The van der Waals surface area contributed by atoms with Gasteiger partial charge in [0.15, 0.2) is 18.1 Å². The molecule has 2 aromatic rings. The average Bonchev–Trinajstić information content (AvgIpc) is 3.14. The Balaban J connectivity index is 1.51. The molecule has 0 radical (unpaired) electrons. The molecule has 1 atom stereocenters. The molecule has 0 aliphatic carbocycles. The minimum atomic E-state index is -0.424. The summed E-state index contributed by atoms with van der Waals surface area (Å²) in [7, 11) is 1.32. The Morgan fingerprint density at radius 3 is 2.58 bits per heavy atom. The Morgan fingerprint density at radius 1 is 1.12 bits per heavy atom. The molecule has 7 nitrogen and oxygen atoms in total. The van der Waals surface area contributed by atoms with Crippen molar-refractivity contribution in [3.63, 3.8) is 0 Å². The molecule has 0 bridgehead atoms. The van der Waals surface area contributed by atoms with Crippen LogP contribution in [0.4, 0.5) is 0 Å². The number of benzene rings is 2. The summed E-state index contributed by atoms with van der Waals surface area (Å²) >= 11 is 0. The van der Waals surface area contributed by atoms with Crippen molar-refractivity contribution in [2.24, 2.45) is 0 Å². The monoisotopic (exact) mass is 357 g/mol. The predicted octanol–water partition coefficient (Wildman–Crippen LogP) is 2.46. The molecule has 1 N–H and O–H groups in total. The first-order chi connectivity index (χ1) is 12.6. The summed E-state index contributed by atoms with van der Waals surface area (Å²) in [6.07, 6.45) is 0. The van der Waals surface area contributed by atoms with Crippen LogP contribution in [0.2, 0.25) is 0 Å². The van der Waals surface area contributed by atoms with Crippen LogP contribution in [0.5, 0.6) is 17.2 Å². The van der Waals surface area contributed by atoms with Gasteiger partial charge in [-0.25, -0.2) is 4.79 Å². The zero-order chi connectivity index (χ0) is 18.5. The van der Waals surface area contributed by atoms with Crippen molar-refractivity contribution < 1.29 is 28.5 Å². The number of carbonyl (C=O) groups is 2. The van der Waals surface area contributed by atoms with Gasteiger partial charge in [-0.1, -0.05) is 6.07 Å². The van der Waals surface area contributed by atoms with E-state index in [0.29, 0.717) is 22.8 Å². The molecular formula is C19H19NO6.